The number of benzene rings is 1. The van der Waals surface area contributed by atoms with Gasteiger partial charge in [-0.1, -0.05) is 49.5 Å². The van der Waals surface area contributed by atoms with Crippen molar-refractivity contribution in [3.05, 3.63) is 33.3 Å². The van der Waals surface area contributed by atoms with Gasteiger partial charge in [0.05, 0.1) is 0 Å². The highest BCUT2D eigenvalue weighted by molar-refractivity contribution is 9.10. The largest absolute Gasteiger partial charge is 0.302 e. The summed E-state index contributed by atoms with van der Waals surface area (Å²) in [5, 5.41) is 0.846. The second kappa shape index (κ2) is 6.05. The Kier molecular flexibility index (Phi) is 4.93. The van der Waals surface area contributed by atoms with Crippen molar-refractivity contribution in [1.29, 1.82) is 0 Å². The van der Waals surface area contributed by atoms with Gasteiger partial charge in [-0.2, -0.15) is 0 Å². The summed E-state index contributed by atoms with van der Waals surface area (Å²) in [6, 6.07) is 6.10. The summed E-state index contributed by atoms with van der Waals surface area (Å²) in [4.78, 5) is 3.11. The van der Waals surface area contributed by atoms with Crippen LogP contribution in [-0.2, 0) is 6.54 Å². The number of hydrogen-bond donors (Lipinski definition) is 0. The second-order valence-electron chi connectivity index (χ2n) is 4.87. The van der Waals surface area contributed by atoms with Crippen LogP contribution in [0.5, 0.6) is 0 Å². The van der Waals surface area contributed by atoms with Crippen molar-refractivity contribution in [2.75, 3.05) is 13.6 Å². The van der Waals surface area contributed by atoms with E-state index >= 15 is 0 Å². The van der Waals surface area contributed by atoms with E-state index in [1.54, 1.807) is 0 Å². The molecule has 94 valence electrons. The zero-order valence-electron chi connectivity index (χ0n) is 9.80. The van der Waals surface area contributed by atoms with Crippen molar-refractivity contribution in [2.45, 2.75) is 24.2 Å². The van der Waals surface area contributed by atoms with E-state index in [0.717, 1.165) is 33.3 Å². The zero-order chi connectivity index (χ0) is 12.4. The van der Waals surface area contributed by atoms with Crippen LogP contribution in [0.15, 0.2) is 22.7 Å². The Morgan fingerprint density at radius 1 is 1.41 bits per heavy atom. The molecule has 1 aromatic carbocycles. The van der Waals surface area contributed by atoms with Gasteiger partial charge in [-0.3, -0.25) is 0 Å². The maximum Gasteiger partial charge on any atom is 0.0462 e. The lowest BCUT2D eigenvalue weighted by atomic mass is 9.85. The Hall–Kier alpha value is 0.430. The minimum Gasteiger partial charge on any atom is -0.302 e. The third-order valence-corrected chi connectivity index (χ3v) is 4.80. The zero-order valence-corrected chi connectivity index (χ0v) is 13.7. The van der Waals surface area contributed by atoms with E-state index in [9.17, 15) is 0 Å². The van der Waals surface area contributed by atoms with Crippen LogP contribution in [0, 0.1) is 5.92 Å². The van der Waals surface area contributed by atoms with Crippen molar-refractivity contribution in [2.24, 2.45) is 5.92 Å². The van der Waals surface area contributed by atoms with E-state index in [1.165, 1.54) is 18.4 Å². The predicted molar refractivity (Wildman–Crippen MR) is 80.9 cm³/mol. The summed E-state index contributed by atoms with van der Waals surface area (Å²) in [6.45, 7) is 2.09. The van der Waals surface area contributed by atoms with Gasteiger partial charge in [0.2, 0.25) is 0 Å². The first-order valence-corrected chi connectivity index (χ1v) is 7.90. The Bertz CT molecular complexity index is 391. The minimum absolute atomic E-state index is 0.747. The van der Waals surface area contributed by atoms with Crippen LogP contribution >= 0.6 is 43.5 Å². The summed E-state index contributed by atoms with van der Waals surface area (Å²) in [5.74, 6) is 0.846. The van der Waals surface area contributed by atoms with E-state index in [4.69, 9.17) is 11.6 Å². The molecule has 0 saturated heterocycles. The third-order valence-electron chi connectivity index (χ3n) is 3.20. The lowest BCUT2D eigenvalue weighted by Crippen LogP contribution is -2.34. The number of alkyl halides is 1. The Labute approximate surface area is 125 Å². The standard InChI is InChI=1S/C13H16Br2ClN/c1-17(7-9-4-12(15)5-9)8-10-2-3-11(14)6-13(10)16/h2-3,6,9,12H,4-5,7-8H2,1H3. The fourth-order valence-electron chi connectivity index (χ4n) is 2.25. The maximum atomic E-state index is 6.22. The van der Waals surface area contributed by atoms with Crippen LogP contribution in [-0.4, -0.2) is 23.3 Å². The van der Waals surface area contributed by atoms with E-state index in [2.05, 4.69) is 49.9 Å². The van der Waals surface area contributed by atoms with Crippen molar-refractivity contribution in [3.63, 3.8) is 0 Å². The van der Waals surface area contributed by atoms with Gasteiger partial charge < -0.3 is 4.90 Å². The smallest absolute Gasteiger partial charge is 0.0462 e. The van der Waals surface area contributed by atoms with Gasteiger partial charge >= 0.3 is 0 Å². The highest BCUT2D eigenvalue weighted by Crippen LogP contribution is 2.34. The number of nitrogens with zero attached hydrogens (tertiary/aromatic N) is 1. The van der Waals surface area contributed by atoms with Crippen LogP contribution < -0.4 is 0 Å². The van der Waals surface area contributed by atoms with Crippen LogP contribution in [0.3, 0.4) is 0 Å². The molecule has 0 aliphatic heterocycles. The van der Waals surface area contributed by atoms with Gasteiger partial charge in [0.25, 0.3) is 0 Å². The molecule has 0 N–H and O–H groups in total. The number of halogens is 3. The van der Waals surface area contributed by atoms with Gasteiger partial charge in [-0.15, -0.1) is 0 Å². The normalized spacial score (nSPS) is 23.8. The first-order valence-electron chi connectivity index (χ1n) is 5.81. The molecule has 0 spiro atoms. The van der Waals surface area contributed by atoms with E-state index < -0.39 is 0 Å². The quantitative estimate of drug-likeness (QED) is 0.683. The fraction of sp³-hybridized carbons (Fsp3) is 0.538. The Balaban J connectivity index is 1.87. The maximum absolute atomic E-state index is 6.22. The van der Waals surface area contributed by atoms with Crippen molar-refractivity contribution < 1.29 is 0 Å². The van der Waals surface area contributed by atoms with Crippen molar-refractivity contribution >= 4 is 43.5 Å². The summed E-state index contributed by atoms with van der Waals surface area (Å²) in [5.41, 5.74) is 1.20. The van der Waals surface area contributed by atoms with E-state index in [0.29, 0.717) is 0 Å². The molecule has 1 fully saturated rings. The number of hydrogen-bond acceptors (Lipinski definition) is 1. The molecule has 0 aromatic heterocycles. The Morgan fingerprint density at radius 3 is 2.71 bits per heavy atom. The summed E-state index contributed by atoms with van der Waals surface area (Å²) in [6.07, 6.45) is 2.61. The summed E-state index contributed by atoms with van der Waals surface area (Å²) in [7, 11) is 2.17. The molecule has 4 heteroatoms. The molecule has 1 aliphatic carbocycles. The number of rotatable bonds is 4. The monoisotopic (exact) mass is 379 g/mol. The molecule has 0 atom stereocenters. The molecular weight excluding hydrogens is 365 g/mol. The van der Waals surface area contributed by atoms with E-state index in [-0.39, 0.29) is 0 Å². The molecule has 0 amide bonds. The molecular formula is C13H16Br2ClN. The molecule has 17 heavy (non-hydrogen) atoms. The van der Waals surface area contributed by atoms with Gasteiger partial charge in [-0.25, -0.2) is 0 Å². The van der Waals surface area contributed by atoms with Crippen molar-refractivity contribution in [3.8, 4) is 0 Å². The molecule has 2 rings (SSSR count). The molecule has 0 radical (unpaired) electrons. The van der Waals surface area contributed by atoms with Crippen LogP contribution in [0.4, 0.5) is 0 Å². The lowest BCUT2D eigenvalue weighted by molar-refractivity contribution is 0.208. The molecule has 1 saturated carbocycles. The first-order chi connectivity index (χ1) is 8.04. The molecule has 1 nitrogen and oxygen atoms in total. The average Bonchev–Trinajstić information content (AvgIpc) is 2.20. The minimum atomic E-state index is 0.747. The van der Waals surface area contributed by atoms with E-state index in [1.807, 2.05) is 12.1 Å². The lowest BCUT2D eigenvalue weighted by Gasteiger charge is -2.34. The third kappa shape index (κ3) is 3.95. The molecule has 0 heterocycles. The highest BCUT2D eigenvalue weighted by atomic mass is 79.9. The SMILES string of the molecule is CN(Cc1ccc(Br)cc1Cl)CC1CC(Br)C1. The van der Waals surface area contributed by atoms with Gasteiger partial charge in [0.1, 0.15) is 0 Å². The van der Waals surface area contributed by atoms with Crippen LogP contribution in [0.1, 0.15) is 18.4 Å². The Morgan fingerprint density at radius 2 is 2.12 bits per heavy atom. The second-order valence-corrected chi connectivity index (χ2v) is 7.49. The van der Waals surface area contributed by atoms with Crippen LogP contribution in [0.2, 0.25) is 5.02 Å². The summed E-state index contributed by atoms with van der Waals surface area (Å²) < 4.78 is 1.04. The first kappa shape index (κ1) is 13.9. The molecule has 0 unspecified atom stereocenters. The van der Waals surface area contributed by atoms with Gasteiger partial charge in [0.15, 0.2) is 0 Å². The van der Waals surface area contributed by atoms with Gasteiger partial charge in [0, 0.05) is 27.4 Å². The average molecular weight is 382 g/mol. The summed E-state index contributed by atoms with van der Waals surface area (Å²) >= 11 is 13.3. The molecule has 1 aromatic rings. The van der Waals surface area contributed by atoms with Gasteiger partial charge in [-0.05, 0) is 43.5 Å². The van der Waals surface area contributed by atoms with Crippen LogP contribution in [0.25, 0.3) is 0 Å². The highest BCUT2D eigenvalue weighted by Gasteiger charge is 2.27. The van der Waals surface area contributed by atoms with Crippen molar-refractivity contribution in [1.82, 2.24) is 4.90 Å². The predicted octanol–water partition coefficient (Wildman–Crippen LogP) is 4.71. The molecule has 0 bridgehead atoms. The molecule has 1 aliphatic rings. The fourth-order valence-corrected chi connectivity index (χ4v) is 4.04. The topological polar surface area (TPSA) is 3.24 Å².